The first-order valence-electron chi connectivity index (χ1n) is 5.47. The van der Waals surface area contributed by atoms with Gasteiger partial charge in [0.15, 0.2) is 0 Å². The van der Waals surface area contributed by atoms with E-state index in [9.17, 15) is 4.79 Å². The van der Waals surface area contributed by atoms with E-state index in [1.54, 1.807) is 6.08 Å². The summed E-state index contributed by atoms with van der Waals surface area (Å²) in [6.45, 7) is 8.82. The monoisotopic (exact) mass is 208 g/mol. The fourth-order valence-corrected chi connectivity index (χ4v) is 2.22. The van der Waals surface area contributed by atoms with Crippen molar-refractivity contribution in [2.45, 2.75) is 40.5 Å². The Morgan fingerprint density at radius 1 is 1.53 bits per heavy atom. The van der Waals surface area contributed by atoms with Gasteiger partial charge in [-0.3, -0.25) is 0 Å². The highest BCUT2D eigenvalue weighted by atomic mass is 16.5. The zero-order valence-electron chi connectivity index (χ0n) is 10.1. The van der Waals surface area contributed by atoms with Gasteiger partial charge in [-0.25, -0.2) is 4.79 Å². The number of allylic oxidation sites excluding steroid dienone is 3. The summed E-state index contributed by atoms with van der Waals surface area (Å²) in [6, 6.07) is 0. The highest BCUT2D eigenvalue weighted by molar-refractivity contribution is 5.83. The molecule has 0 aromatic rings. The minimum Gasteiger partial charge on any atom is -0.463 e. The van der Waals surface area contributed by atoms with E-state index in [1.807, 2.05) is 6.92 Å². The zero-order valence-corrected chi connectivity index (χ0v) is 10.1. The molecular weight excluding hydrogens is 188 g/mol. The number of hydrogen-bond donors (Lipinski definition) is 0. The lowest BCUT2D eigenvalue weighted by Crippen LogP contribution is -2.17. The van der Waals surface area contributed by atoms with Gasteiger partial charge < -0.3 is 4.74 Å². The van der Waals surface area contributed by atoms with Crippen molar-refractivity contribution >= 4 is 5.97 Å². The minimum atomic E-state index is -0.228. The van der Waals surface area contributed by atoms with Crippen molar-refractivity contribution in [3.05, 3.63) is 23.3 Å². The van der Waals surface area contributed by atoms with Crippen molar-refractivity contribution in [3.63, 3.8) is 0 Å². The molecule has 1 aliphatic carbocycles. The summed E-state index contributed by atoms with van der Waals surface area (Å²) < 4.78 is 4.90. The first-order valence-corrected chi connectivity index (χ1v) is 5.47. The number of carbonyl (C=O) groups excluding carboxylic acids is 1. The highest BCUT2D eigenvalue weighted by Gasteiger charge is 2.24. The number of ether oxygens (including phenoxy) is 1. The van der Waals surface area contributed by atoms with Crippen LogP contribution in [0.4, 0.5) is 0 Å². The second kappa shape index (κ2) is 4.65. The molecular formula is C13H20O2. The molecule has 1 rings (SSSR count). The lowest BCUT2D eigenvalue weighted by Gasteiger charge is -2.30. The molecule has 2 heteroatoms. The van der Waals surface area contributed by atoms with E-state index in [0.717, 1.165) is 18.4 Å². The SMILES string of the molecule is CCOC(=O)C=C1C=C(C)CC(C)(C)C1. The maximum atomic E-state index is 11.3. The molecule has 0 aliphatic heterocycles. The van der Waals surface area contributed by atoms with Crippen LogP contribution in [0.15, 0.2) is 23.3 Å². The fourth-order valence-electron chi connectivity index (χ4n) is 2.22. The molecule has 0 amide bonds. The molecule has 0 atom stereocenters. The van der Waals surface area contributed by atoms with E-state index in [1.165, 1.54) is 5.57 Å². The van der Waals surface area contributed by atoms with Crippen molar-refractivity contribution in [2.24, 2.45) is 5.41 Å². The Labute approximate surface area is 92.0 Å². The summed E-state index contributed by atoms with van der Waals surface area (Å²) in [6.07, 6.45) is 5.77. The Kier molecular flexibility index (Phi) is 3.72. The Balaban J connectivity index is 2.78. The van der Waals surface area contributed by atoms with Gasteiger partial charge in [-0.15, -0.1) is 0 Å². The van der Waals surface area contributed by atoms with Crippen LogP contribution in [-0.4, -0.2) is 12.6 Å². The molecule has 0 fully saturated rings. The van der Waals surface area contributed by atoms with Crippen LogP contribution in [0.1, 0.15) is 40.5 Å². The molecule has 0 spiro atoms. The van der Waals surface area contributed by atoms with Crippen LogP contribution in [0.5, 0.6) is 0 Å². The molecule has 2 nitrogen and oxygen atoms in total. The third kappa shape index (κ3) is 3.90. The van der Waals surface area contributed by atoms with E-state index in [-0.39, 0.29) is 11.4 Å². The lowest BCUT2D eigenvalue weighted by molar-refractivity contribution is -0.137. The number of esters is 1. The summed E-state index contributed by atoms with van der Waals surface area (Å²) in [5.41, 5.74) is 2.68. The van der Waals surface area contributed by atoms with E-state index in [0.29, 0.717) is 6.61 Å². The molecule has 0 saturated heterocycles. The van der Waals surface area contributed by atoms with Crippen LogP contribution in [0.3, 0.4) is 0 Å². The second-order valence-corrected chi connectivity index (χ2v) is 4.98. The Morgan fingerprint density at radius 3 is 2.73 bits per heavy atom. The molecule has 84 valence electrons. The predicted molar refractivity (Wildman–Crippen MR) is 61.5 cm³/mol. The molecule has 0 bridgehead atoms. The van der Waals surface area contributed by atoms with Crippen molar-refractivity contribution in [2.75, 3.05) is 6.61 Å². The average Bonchev–Trinajstić information content (AvgIpc) is 1.99. The van der Waals surface area contributed by atoms with Crippen LogP contribution in [0.25, 0.3) is 0 Å². The van der Waals surface area contributed by atoms with Gasteiger partial charge >= 0.3 is 5.97 Å². The molecule has 0 radical (unpaired) electrons. The number of hydrogen-bond acceptors (Lipinski definition) is 2. The lowest BCUT2D eigenvalue weighted by atomic mass is 9.75. The minimum absolute atomic E-state index is 0.228. The maximum absolute atomic E-state index is 11.3. The summed E-state index contributed by atoms with van der Waals surface area (Å²) in [5, 5.41) is 0. The first-order chi connectivity index (χ1) is 6.93. The summed E-state index contributed by atoms with van der Waals surface area (Å²) in [7, 11) is 0. The summed E-state index contributed by atoms with van der Waals surface area (Å²) in [4.78, 5) is 11.3. The van der Waals surface area contributed by atoms with Crippen LogP contribution >= 0.6 is 0 Å². The standard InChI is InChI=1S/C13H20O2/c1-5-15-12(14)7-11-6-10(2)8-13(3,4)9-11/h6-7H,5,8-9H2,1-4H3. The van der Waals surface area contributed by atoms with Gasteiger partial charge in [0.05, 0.1) is 6.61 Å². The molecule has 0 unspecified atom stereocenters. The third-order valence-corrected chi connectivity index (χ3v) is 2.46. The van der Waals surface area contributed by atoms with Crippen LogP contribution in [0.2, 0.25) is 0 Å². The largest absolute Gasteiger partial charge is 0.463 e. The van der Waals surface area contributed by atoms with Gasteiger partial charge in [0.2, 0.25) is 0 Å². The molecule has 1 aliphatic rings. The Hall–Kier alpha value is -1.05. The van der Waals surface area contributed by atoms with E-state index < -0.39 is 0 Å². The summed E-state index contributed by atoms with van der Waals surface area (Å²) >= 11 is 0. The average molecular weight is 208 g/mol. The highest BCUT2D eigenvalue weighted by Crippen LogP contribution is 2.37. The van der Waals surface area contributed by atoms with Gasteiger partial charge in [-0.05, 0) is 37.7 Å². The Morgan fingerprint density at radius 2 is 2.20 bits per heavy atom. The molecule has 0 N–H and O–H groups in total. The molecule has 0 heterocycles. The normalized spacial score (nSPS) is 22.4. The van der Waals surface area contributed by atoms with Gasteiger partial charge in [0.1, 0.15) is 0 Å². The molecule has 15 heavy (non-hydrogen) atoms. The van der Waals surface area contributed by atoms with Crippen LogP contribution in [0, 0.1) is 5.41 Å². The van der Waals surface area contributed by atoms with Gasteiger partial charge in [0.25, 0.3) is 0 Å². The summed E-state index contributed by atoms with van der Waals surface area (Å²) in [5.74, 6) is -0.228. The van der Waals surface area contributed by atoms with Crippen LogP contribution < -0.4 is 0 Å². The zero-order chi connectivity index (χ0) is 11.5. The van der Waals surface area contributed by atoms with Crippen LogP contribution in [-0.2, 0) is 9.53 Å². The molecule has 0 aromatic heterocycles. The van der Waals surface area contributed by atoms with Gasteiger partial charge in [-0.2, -0.15) is 0 Å². The van der Waals surface area contributed by atoms with E-state index in [2.05, 4.69) is 26.8 Å². The fraction of sp³-hybridized carbons (Fsp3) is 0.615. The smallest absolute Gasteiger partial charge is 0.331 e. The van der Waals surface area contributed by atoms with E-state index in [4.69, 9.17) is 4.74 Å². The Bertz CT molecular complexity index is 308. The third-order valence-electron chi connectivity index (χ3n) is 2.46. The maximum Gasteiger partial charge on any atom is 0.331 e. The van der Waals surface area contributed by atoms with E-state index >= 15 is 0 Å². The van der Waals surface area contributed by atoms with Gasteiger partial charge in [0, 0.05) is 6.08 Å². The second-order valence-electron chi connectivity index (χ2n) is 4.98. The number of carbonyl (C=O) groups is 1. The van der Waals surface area contributed by atoms with Crippen molar-refractivity contribution in [1.29, 1.82) is 0 Å². The predicted octanol–water partition coefficient (Wildman–Crippen LogP) is 3.24. The first kappa shape index (κ1) is 12.0. The molecule has 0 aromatic carbocycles. The quantitative estimate of drug-likeness (QED) is 0.514. The van der Waals surface area contributed by atoms with Gasteiger partial charge in [-0.1, -0.05) is 25.5 Å². The number of rotatable bonds is 2. The van der Waals surface area contributed by atoms with Crippen molar-refractivity contribution in [1.82, 2.24) is 0 Å². The van der Waals surface area contributed by atoms with Crippen molar-refractivity contribution < 1.29 is 9.53 Å². The van der Waals surface area contributed by atoms with Crippen molar-refractivity contribution in [3.8, 4) is 0 Å². The molecule has 0 saturated carbocycles. The topological polar surface area (TPSA) is 26.3 Å².